The van der Waals surface area contributed by atoms with Gasteiger partial charge in [0.2, 0.25) is 5.95 Å². The zero-order valence-electron chi connectivity index (χ0n) is 11.5. The molecule has 2 aromatic heterocycles. The van der Waals surface area contributed by atoms with Crippen molar-refractivity contribution in [2.24, 2.45) is 7.05 Å². The number of aryl methyl sites for hydroxylation is 1. The van der Waals surface area contributed by atoms with Crippen LogP contribution in [0.4, 0.5) is 5.95 Å². The fourth-order valence-electron chi connectivity index (χ4n) is 2.38. The molecule has 1 saturated heterocycles. The Kier molecular flexibility index (Phi) is 3.47. The third-order valence-corrected chi connectivity index (χ3v) is 3.89. The summed E-state index contributed by atoms with van der Waals surface area (Å²) in [6.07, 6.45) is 7.37. The molecular formula is C13H16BrN5O. The molecule has 0 amide bonds. The van der Waals surface area contributed by atoms with Crippen LogP contribution in [0.15, 0.2) is 29.3 Å². The van der Waals surface area contributed by atoms with E-state index in [4.69, 9.17) is 4.74 Å². The summed E-state index contributed by atoms with van der Waals surface area (Å²) < 4.78 is 8.65. The van der Waals surface area contributed by atoms with E-state index in [1.54, 1.807) is 17.1 Å². The van der Waals surface area contributed by atoms with Crippen LogP contribution < -0.4 is 4.90 Å². The Morgan fingerprint density at radius 1 is 1.30 bits per heavy atom. The smallest absolute Gasteiger partial charge is 0.225 e. The van der Waals surface area contributed by atoms with E-state index in [1.807, 2.05) is 19.4 Å². The van der Waals surface area contributed by atoms with Crippen molar-refractivity contribution in [1.29, 1.82) is 0 Å². The normalized spacial score (nSPS) is 23.1. The molecule has 0 N–H and O–H groups in total. The molecule has 7 heteroatoms. The molecule has 106 valence electrons. The lowest BCUT2D eigenvalue weighted by atomic mass is 9.97. The maximum Gasteiger partial charge on any atom is 0.225 e. The summed E-state index contributed by atoms with van der Waals surface area (Å²) in [6.45, 7) is 4.22. The third-order valence-electron chi connectivity index (χ3n) is 3.48. The molecule has 1 aliphatic heterocycles. The van der Waals surface area contributed by atoms with E-state index in [1.165, 1.54) is 0 Å². The highest BCUT2D eigenvalue weighted by Crippen LogP contribution is 2.30. The second-order valence-corrected chi connectivity index (χ2v) is 6.02. The SMILES string of the molecule is Cn1cc(C2(C)CN(c3ncc(Br)cn3)CCO2)cn1. The largest absolute Gasteiger partial charge is 0.367 e. The van der Waals surface area contributed by atoms with Gasteiger partial charge in [0.05, 0.1) is 23.8 Å². The van der Waals surface area contributed by atoms with Crippen molar-refractivity contribution in [3.8, 4) is 0 Å². The number of halogens is 1. The predicted molar refractivity (Wildman–Crippen MR) is 78.5 cm³/mol. The minimum atomic E-state index is -0.386. The van der Waals surface area contributed by atoms with Gasteiger partial charge in [0, 0.05) is 37.7 Å². The molecule has 0 saturated carbocycles. The minimum absolute atomic E-state index is 0.386. The lowest BCUT2D eigenvalue weighted by Gasteiger charge is -2.40. The monoisotopic (exact) mass is 337 g/mol. The number of rotatable bonds is 2. The Morgan fingerprint density at radius 2 is 2.05 bits per heavy atom. The highest BCUT2D eigenvalue weighted by molar-refractivity contribution is 9.10. The van der Waals surface area contributed by atoms with Crippen LogP contribution in [-0.2, 0) is 17.4 Å². The van der Waals surface area contributed by atoms with Gasteiger partial charge in [-0.15, -0.1) is 0 Å². The highest BCUT2D eigenvalue weighted by Gasteiger charge is 2.35. The van der Waals surface area contributed by atoms with Gasteiger partial charge >= 0.3 is 0 Å². The number of ether oxygens (including phenoxy) is 1. The fourth-order valence-corrected chi connectivity index (χ4v) is 2.58. The van der Waals surface area contributed by atoms with Gasteiger partial charge in [-0.25, -0.2) is 9.97 Å². The van der Waals surface area contributed by atoms with Gasteiger partial charge in [-0.1, -0.05) is 0 Å². The highest BCUT2D eigenvalue weighted by atomic mass is 79.9. The standard InChI is InChI=1S/C13H16BrN5O/c1-13(10-5-17-18(2)8-10)9-19(3-4-20-13)12-15-6-11(14)7-16-12/h5-8H,3-4,9H2,1-2H3. The van der Waals surface area contributed by atoms with Gasteiger partial charge in [-0.2, -0.15) is 5.10 Å². The first-order chi connectivity index (χ1) is 9.57. The first-order valence-electron chi connectivity index (χ1n) is 6.42. The van der Waals surface area contributed by atoms with Gasteiger partial charge in [0.15, 0.2) is 0 Å². The summed E-state index contributed by atoms with van der Waals surface area (Å²) in [5.74, 6) is 0.728. The van der Waals surface area contributed by atoms with Crippen molar-refractivity contribution in [2.75, 3.05) is 24.6 Å². The molecular weight excluding hydrogens is 322 g/mol. The van der Waals surface area contributed by atoms with E-state index in [0.717, 1.165) is 22.5 Å². The van der Waals surface area contributed by atoms with E-state index >= 15 is 0 Å². The topological polar surface area (TPSA) is 56.1 Å². The fraction of sp³-hybridized carbons (Fsp3) is 0.462. The van der Waals surface area contributed by atoms with Crippen LogP contribution in [0.3, 0.4) is 0 Å². The quantitative estimate of drug-likeness (QED) is 0.835. The molecule has 20 heavy (non-hydrogen) atoms. The molecule has 0 bridgehead atoms. The summed E-state index contributed by atoms with van der Waals surface area (Å²) >= 11 is 3.35. The Hall–Kier alpha value is -1.47. The molecule has 3 rings (SSSR count). The average molecular weight is 338 g/mol. The third kappa shape index (κ3) is 2.55. The van der Waals surface area contributed by atoms with Crippen LogP contribution in [0, 0.1) is 0 Å². The molecule has 0 spiro atoms. The van der Waals surface area contributed by atoms with E-state index in [0.29, 0.717) is 13.2 Å². The average Bonchev–Trinajstić information content (AvgIpc) is 2.87. The first-order valence-corrected chi connectivity index (χ1v) is 7.22. The summed E-state index contributed by atoms with van der Waals surface area (Å²) in [5.41, 5.74) is 0.685. The van der Waals surface area contributed by atoms with Crippen LogP contribution in [0.1, 0.15) is 12.5 Å². The molecule has 0 radical (unpaired) electrons. The Morgan fingerprint density at radius 3 is 2.70 bits per heavy atom. The van der Waals surface area contributed by atoms with Crippen LogP contribution in [-0.4, -0.2) is 39.4 Å². The van der Waals surface area contributed by atoms with Crippen LogP contribution >= 0.6 is 15.9 Å². The molecule has 0 aromatic carbocycles. The molecule has 1 atom stereocenters. The van der Waals surface area contributed by atoms with Gasteiger partial charge in [-0.05, 0) is 22.9 Å². The number of morpholine rings is 1. The number of aromatic nitrogens is 4. The summed E-state index contributed by atoms with van der Waals surface area (Å²) in [4.78, 5) is 10.9. The van der Waals surface area contributed by atoms with Gasteiger partial charge in [0.1, 0.15) is 5.60 Å². The van der Waals surface area contributed by atoms with E-state index in [2.05, 4.69) is 42.8 Å². The molecule has 6 nitrogen and oxygen atoms in total. The van der Waals surface area contributed by atoms with Crippen LogP contribution in [0.2, 0.25) is 0 Å². The number of hydrogen-bond acceptors (Lipinski definition) is 5. The first kappa shape index (κ1) is 13.5. The Bertz CT molecular complexity index is 599. The van der Waals surface area contributed by atoms with E-state index < -0.39 is 0 Å². The number of anilines is 1. The lowest BCUT2D eigenvalue weighted by Crippen LogP contribution is -2.48. The Balaban J connectivity index is 1.84. The number of hydrogen-bond donors (Lipinski definition) is 0. The van der Waals surface area contributed by atoms with E-state index in [-0.39, 0.29) is 5.60 Å². The summed E-state index contributed by atoms with van der Waals surface area (Å²) in [5, 5.41) is 4.23. The van der Waals surface area contributed by atoms with Crippen LogP contribution in [0.5, 0.6) is 0 Å². The molecule has 0 aliphatic carbocycles. The zero-order chi connectivity index (χ0) is 14.2. The van der Waals surface area contributed by atoms with Gasteiger partial charge in [-0.3, -0.25) is 4.68 Å². The maximum absolute atomic E-state index is 5.98. The van der Waals surface area contributed by atoms with Gasteiger partial charge < -0.3 is 9.64 Å². The van der Waals surface area contributed by atoms with E-state index in [9.17, 15) is 0 Å². The molecule has 1 fully saturated rings. The van der Waals surface area contributed by atoms with Crippen molar-refractivity contribution in [3.05, 3.63) is 34.8 Å². The van der Waals surface area contributed by atoms with Crippen molar-refractivity contribution >= 4 is 21.9 Å². The Labute approximate surface area is 125 Å². The minimum Gasteiger partial charge on any atom is -0.367 e. The summed E-state index contributed by atoms with van der Waals surface area (Å²) in [7, 11) is 1.91. The van der Waals surface area contributed by atoms with Crippen molar-refractivity contribution in [3.63, 3.8) is 0 Å². The second-order valence-electron chi connectivity index (χ2n) is 5.10. The predicted octanol–water partition coefficient (Wildman–Crippen LogP) is 1.72. The maximum atomic E-state index is 5.98. The molecule has 1 aliphatic rings. The second kappa shape index (κ2) is 5.14. The van der Waals surface area contributed by atoms with Crippen molar-refractivity contribution < 1.29 is 4.74 Å². The van der Waals surface area contributed by atoms with Crippen LogP contribution in [0.25, 0.3) is 0 Å². The molecule has 3 heterocycles. The molecule has 2 aromatic rings. The van der Waals surface area contributed by atoms with Crippen molar-refractivity contribution in [1.82, 2.24) is 19.7 Å². The lowest BCUT2D eigenvalue weighted by molar-refractivity contribution is -0.0470. The summed E-state index contributed by atoms with van der Waals surface area (Å²) in [6, 6.07) is 0. The zero-order valence-corrected chi connectivity index (χ0v) is 13.0. The van der Waals surface area contributed by atoms with Gasteiger partial charge in [0.25, 0.3) is 0 Å². The van der Waals surface area contributed by atoms with Crippen molar-refractivity contribution in [2.45, 2.75) is 12.5 Å². The molecule has 1 unspecified atom stereocenters. The number of nitrogens with zero attached hydrogens (tertiary/aromatic N) is 5.